The first kappa shape index (κ1) is 14.1. The van der Waals surface area contributed by atoms with Crippen molar-refractivity contribution >= 4 is 23.2 Å². The first-order valence-corrected chi connectivity index (χ1v) is 6.85. The Bertz CT molecular complexity index is 406. The number of morpholine rings is 1. The van der Waals surface area contributed by atoms with Gasteiger partial charge >= 0.3 is 0 Å². The van der Waals surface area contributed by atoms with E-state index in [0.717, 1.165) is 25.1 Å². The second-order valence-corrected chi connectivity index (χ2v) is 5.29. The van der Waals surface area contributed by atoms with E-state index in [0.29, 0.717) is 23.1 Å². The molecular weight excluding hydrogens is 273 g/mol. The molecule has 5 heteroatoms. The second-order valence-electron chi connectivity index (χ2n) is 4.48. The topological polar surface area (TPSA) is 41.5 Å². The molecule has 2 N–H and O–H groups in total. The standard InChI is InChI=1S/C13H17Cl2NO2/c14-11-3-2-10(8-12(11)15)13(4-1-6-17)9-16-5-7-18-13/h2-3,8,16-17H,1,4-7,9H2. The van der Waals surface area contributed by atoms with Crippen molar-refractivity contribution < 1.29 is 9.84 Å². The van der Waals surface area contributed by atoms with Crippen molar-refractivity contribution in [2.24, 2.45) is 0 Å². The number of hydrogen-bond acceptors (Lipinski definition) is 3. The molecule has 0 aliphatic carbocycles. The van der Waals surface area contributed by atoms with Crippen LogP contribution in [0.4, 0.5) is 0 Å². The molecule has 0 bridgehead atoms. The summed E-state index contributed by atoms with van der Waals surface area (Å²) in [6, 6.07) is 5.59. The van der Waals surface area contributed by atoms with Gasteiger partial charge in [0.05, 0.1) is 16.7 Å². The van der Waals surface area contributed by atoms with Crippen LogP contribution in [0.1, 0.15) is 18.4 Å². The van der Waals surface area contributed by atoms with Crippen LogP contribution in [-0.2, 0) is 10.3 Å². The summed E-state index contributed by atoms with van der Waals surface area (Å²) in [5.74, 6) is 0. The minimum Gasteiger partial charge on any atom is -0.396 e. The van der Waals surface area contributed by atoms with Crippen molar-refractivity contribution in [1.29, 1.82) is 0 Å². The largest absolute Gasteiger partial charge is 0.396 e. The van der Waals surface area contributed by atoms with Crippen molar-refractivity contribution in [3.63, 3.8) is 0 Å². The van der Waals surface area contributed by atoms with Crippen LogP contribution in [0, 0.1) is 0 Å². The molecule has 1 aliphatic rings. The molecule has 0 saturated carbocycles. The summed E-state index contributed by atoms with van der Waals surface area (Å²) in [6.45, 7) is 2.39. The summed E-state index contributed by atoms with van der Waals surface area (Å²) in [5.41, 5.74) is 0.604. The number of hydrogen-bond donors (Lipinski definition) is 2. The smallest absolute Gasteiger partial charge is 0.106 e. The number of halogens is 2. The number of benzene rings is 1. The van der Waals surface area contributed by atoms with Gasteiger partial charge in [-0.25, -0.2) is 0 Å². The van der Waals surface area contributed by atoms with Crippen LogP contribution in [-0.4, -0.2) is 31.4 Å². The first-order chi connectivity index (χ1) is 8.68. The third kappa shape index (κ3) is 2.98. The van der Waals surface area contributed by atoms with Crippen LogP contribution < -0.4 is 5.32 Å². The van der Waals surface area contributed by atoms with Crippen LogP contribution in [0.3, 0.4) is 0 Å². The zero-order chi connectivity index (χ0) is 13.0. The number of aliphatic hydroxyl groups excluding tert-OH is 1. The molecule has 2 rings (SSSR count). The molecule has 0 spiro atoms. The van der Waals surface area contributed by atoms with Crippen molar-refractivity contribution in [3.05, 3.63) is 33.8 Å². The van der Waals surface area contributed by atoms with Crippen LogP contribution in [0.25, 0.3) is 0 Å². The van der Waals surface area contributed by atoms with E-state index >= 15 is 0 Å². The van der Waals surface area contributed by atoms with E-state index in [9.17, 15) is 0 Å². The maximum absolute atomic E-state index is 9.03. The van der Waals surface area contributed by atoms with E-state index in [1.165, 1.54) is 0 Å². The molecule has 1 unspecified atom stereocenters. The number of nitrogens with one attached hydrogen (secondary N) is 1. The van der Waals surface area contributed by atoms with Gasteiger partial charge in [0, 0.05) is 19.7 Å². The fraction of sp³-hybridized carbons (Fsp3) is 0.538. The maximum atomic E-state index is 9.03. The fourth-order valence-electron chi connectivity index (χ4n) is 2.29. The molecule has 0 radical (unpaired) electrons. The molecule has 1 aromatic rings. The number of ether oxygens (including phenoxy) is 1. The van der Waals surface area contributed by atoms with Crippen LogP contribution in [0.2, 0.25) is 10.0 Å². The summed E-state index contributed by atoms with van der Waals surface area (Å²) in [4.78, 5) is 0. The number of rotatable bonds is 4. The third-order valence-electron chi connectivity index (χ3n) is 3.25. The Morgan fingerprint density at radius 1 is 1.33 bits per heavy atom. The van der Waals surface area contributed by atoms with Crippen molar-refractivity contribution in [1.82, 2.24) is 5.32 Å². The lowest BCUT2D eigenvalue weighted by molar-refractivity contribution is -0.0796. The van der Waals surface area contributed by atoms with Gasteiger partial charge in [-0.3, -0.25) is 0 Å². The molecule has 1 aromatic carbocycles. The number of aliphatic hydroxyl groups is 1. The quantitative estimate of drug-likeness (QED) is 0.895. The highest BCUT2D eigenvalue weighted by atomic mass is 35.5. The van der Waals surface area contributed by atoms with Crippen LogP contribution >= 0.6 is 23.2 Å². The molecule has 1 aliphatic heterocycles. The Morgan fingerprint density at radius 3 is 2.78 bits per heavy atom. The minimum atomic E-state index is -0.408. The van der Waals surface area contributed by atoms with E-state index in [1.54, 1.807) is 6.07 Å². The van der Waals surface area contributed by atoms with Crippen LogP contribution in [0.15, 0.2) is 18.2 Å². The van der Waals surface area contributed by atoms with Gasteiger partial charge < -0.3 is 15.2 Å². The van der Waals surface area contributed by atoms with Gasteiger partial charge in [0.15, 0.2) is 0 Å². The summed E-state index contributed by atoms with van der Waals surface area (Å²) in [6.07, 6.45) is 1.45. The lowest BCUT2D eigenvalue weighted by Gasteiger charge is -2.38. The Morgan fingerprint density at radius 2 is 2.17 bits per heavy atom. The fourth-order valence-corrected chi connectivity index (χ4v) is 2.59. The summed E-state index contributed by atoms with van der Waals surface area (Å²) in [7, 11) is 0. The van der Waals surface area contributed by atoms with Crippen molar-refractivity contribution in [2.45, 2.75) is 18.4 Å². The molecule has 0 aromatic heterocycles. The zero-order valence-electron chi connectivity index (χ0n) is 10.1. The lowest BCUT2D eigenvalue weighted by atomic mass is 9.88. The van der Waals surface area contributed by atoms with Gasteiger partial charge in [-0.15, -0.1) is 0 Å². The molecule has 1 heterocycles. The highest BCUT2D eigenvalue weighted by molar-refractivity contribution is 6.42. The summed E-state index contributed by atoms with van der Waals surface area (Å²) in [5, 5.41) is 13.4. The van der Waals surface area contributed by atoms with Gasteiger partial charge in [-0.1, -0.05) is 29.3 Å². The third-order valence-corrected chi connectivity index (χ3v) is 3.99. The van der Waals surface area contributed by atoms with Gasteiger partial charge in [0.2, 0.25) is 0 Å². The molecule has 0 amide bonds. The molecule has 3 nitrogen and oxygen atoms in total. The Hall–Kier alpha value is -0.320. The predicted molar refractivity (Wildman–Crippen MR) is 73.3 cm³/mol. The van der Waals surface area contributed by atoms with E-state index in [4.69, 9.17) is 33.0 Å². The summed E-state index contributed by atoms with van der Waals surface area (Å²) >= 11 is 12.0. The second kappa shape index (κ2) is 6.22. The molecule has 18 heavy (non-hydrogen) atoms. The van der Waals surface area contributed by atoms with E-state index in [1.807, 2.05) is 12.1 Å². The normalized spacial score (nSPS) is 24.2. The van der Waals surface area contributed by atoms with Crippen LogP contribution in [0.5, 0.6) is 0 Å². The molecule has 1 saturated heterocycles. The van der Waals surface area contributed by atoms with E-state index in [-0.39, 0.29) is 6.61 Å². The van der Waals surface area contributed by atoms with E-state index < -0.39 is 5.60 Å². The Balaban J connectivity index is 2.29. The van der Waals surface area contributed by atoms with Gasteiger partial charge in [-0.05, 0) is 30.5 Å². The predicted octanol–water partition coefficient (Wildman–Crippen LogP) is 2.58. The van der Waals surface area contributed by atoms with Gasteiger partial charge in [0.25, 0.3) is 0 Å². The Kier molecular flexibility index (Phi) is 4.87. The zero-order valence-corrected chi connectivity index (χ0v) is 11.6. The molecular formula is C13H17Cl2NO2. The first-order valence-electron chi connectivity index (χ1n) is 6.09. The molecule has 1 fully saturated rings. The lowest BCUT2D eigenvalue weighted by Crippen LogP contribution is -2.47. The monoisotopic (exact) mass is 289 g/mol. The average molecular weight is 290 g/mol. The van der Waals surface area contributed by atoms with E-state index in [2.05, 4.69) is 5.32 Å². The van der Waals surface area contributed by atoms with Gasteiger partial charge in [-0.2, -0.15) is 0 Å². The van der Waals surface area contributed by atoms with Crippen molar-refractivity contribution in [2.75, 3.05) is 26.3 Å². The Labute approximate surface area is 117 Å². The van der Waals surface area contributed by atoms with Crippen molar-refractivity contribution in [3.8, 4) is 0 Å². The molecule has 1 atom stereocenters. The van der Waals surface area contributed by atoms with Gasteiger partial charge in [0.1, 0.15) is 5.60 Å². The highest BCUT2D eigenvalue weighted by Crippen LogP contribution is 2.35. The summed E-state index contributed by atoms with van der Waals surface area (Å²) < 4.78 is 5.97. The SMILES string of the molecule is OCCCC1(c2ccc(Cl)c(Cl)c2)CNCCO1. The molecule has 100 valence electrons. The average Bonchev–Trinajstić information content (AvgIpc) is 2.40. The highest BCUT2D eigenvalue weighted by Gasteiger charge is 2.35. The minimum absolute atomic E-state index is 0.159. The maximum Gasteiger partial charge on any atom is 0.106 e.